The largest absolute Gasteiger partial charge is 0.441 e. The van der Waals surface area contributed by atoms with E-state index >= 15 is 0 Å². The Morgan fingerprint density at radius 2 is 1.58 bits per heavy atom. The van der Waals surface area contributed by atoms with Gasteiger partial charge in [-0.05, 0) is 55.5 Å². The molecule has 126 valence electrons. The van der Waals surface area contributed by atoms with Gasteiger partial charge in [-0.15, -0.1) is 0 Å². The molecule has 0 fully saturated rings. The monoisotopic (exact) mass is 340 g/mol. The van der Waals surface area contributed by atoms with E-state index in [1.165, 1.54) is 11.1 Å². The quantitative estimate of drug-likeness (QED) is 0.699. The van der Waals surface area contributed by atoms with Crippen molar-refractivity contribution in [2.24, 2.45) is 0 Å². The number of rotatable bonds is 3. The first-order chi connectivity index (χ1) is 11.4. The van der Waals surface area contributed by atoms with Gasteiger partial charge in [0.25, 0.3) is 0 Å². The molecule has 0 spiro atoms. The summed E-state index contributed by atoms with van der Waals surface area (Å²) in [5.41, 5.74) is 5.54. The third kappa shape index (κ3) is 2.54. The zero-order valence-corrected chi connectivity index (χ0v) is 16.0. The maximum absolute atomic E-state index is 14.2. The molecule has 0 saturated carbocycles. The van der Waals surface area contributed by atoms with Crippen LogP contribution in [0.2, 0.25) is 0 Å². The minimum Gasteiger partial charge on any atom is -0.441 e. The highest BCUT2D eigenvalue weighted by Crippen LogP contribution is 2.54. The molecule has 1 aliphatic heterocycles. The molecule has 0 bridgehead atoms. The summed E-state index contributed by atoms with van der Waals surface area (Å²) in [5, 5.41) is 1.70. The van der Waals surface area contributed by atoms with Gasteiger partial charge in [-0.2, -0.15) is 0 Å². The molecule has 0 radical (unpaired) electrons. The number of allylic oxidation sites excluding steroid dienone is 2. The van der Waals surface area contributed by atoms with Crippen LogP contribution in [0.4, 0.5) is 0 Å². The van der Waals surface area contributed by atoms with Crippen molar-refractivity contribution in [2.75, 3.05) is 0 Å². The zero-order valence-electron chi connectivity index (χ0n) is 15.1. The lowest BCUT2D eigenvalue weighted by atomic mass is 10.0. The van der Waals surface area contributed by atoms with Crippen molar-refractivity contribution in [3.05, 3.63) is 64.4 Å². The van der Waals surface area contributed by atoms with Crippen LogP contribution in [0.3, 0.4) is 0 Å². The van der Waals surface area contributed by atoms with Crippen LogP contribution in [0, 0.1) is 20.8 Å². The third-order valence-electron chi connectivity index (χ3n) is 4.73. The van der Waals surface area contributed by atoms with Crippen LogP contribution in [-0.4, -0.2) is 0 Å². The fraction of sp³-hybridized carbons (Fsp3) is 0.333. The summed E-state index contributed by atoms with van der Waals surface area (Å²) in [4.78, 5) is 0. The molecule has 2 nitrogen and oxygen atoms in total. The summed E-state index contributed by atoms with van der Waals surface area (Å²) in [6.07, 6.45) is 1.64. The maximum atomic E-state index is 14.2. The van der Waals surface area contributed by atoms with E-state index in [0.717, 1.165) is 45.9 Å². The van der Waals surface area contributed by atoms with E-state index in [2.05, 4.69) is 39.0 Å². The van der Waals surface area contributed by atoms with Crippen molar-refractivity contribution in [3.8, 4) is 0 Å². The van der Waals surface area contributed by atoms with E-state index in [1.807, 2.05) is 32.0 Å². The first-order valence-corrected chi connectivity index (χ1v) is 10.2. The van der Waals surface area contributed by atoms with Crippen LogP contribution in [0.15, 0.2) is 42.2 Å². The summed E-state index contributed by atoms with van der Waals surface area (Å²) in [6.45, 7) is 10.3. The third-order valence-corrected chi connectivity index (χ3v) is 7.52. The smallest absolute Gasteiger partial charge is 0.307 e. The van der Waals surface area contributed by atoms with Crippen LogP contribution >= 0.6 is 7.37 Å². The molecule has 0 amide bonds. The van der Waals surface area contributed by atoms with Crippen LogP contribution in [0.5, 0.6) is 0 Å². The zero-order chi connectivity index (χ0) is 17.5. The van der Waals surface area contributed by atoms with Gasteiger partial charge in [0.1, 0.15) is 5.76 Å². The average molecular weight is 340 g/mol. The lowest BCUT2D eigenvalue weighted by Crippen LogP contribution is -2.28. The predicted octanol–water partition coefficient (Wildman–Crippen LogP) is 5.40. The highest BCUT2D eigenvalue weighted by atomic mass is 31.2. The lowest BCUT2D eigenvalue weighted by molar-refractivity contribution is 0.406. The molecule has 2 aromatic rings. The second-order valence-corrected chi connectivity index (χ2v) is 8.73. The van der Waals surface area contributed by atoms with Crippen LogP contribution in [-0.2, 0) is 9.09 Å². The Balaban J connectivity index is 2.34. The Bertz CT molecular complexity index is 854. The molecule has 1 heterocycles. The molecule has 1 aliphatic rings. The van der Waals surface area contributed by atoms with E-state index in [1.54, 1.807) is 0 Å². The van der Waals surface area contributed by atoms with Gasteiger partial charge in [-0.25, -0.2) is 0 Å². The van der Waals surface area contributed by atoms with Crippen molar-refractivity contribution in [3.63, 3.8) is 0 Å². The van der Waals surface area contributed by atoms with Crippen molar-refractivity contribution in [2.45, 2.75) is 47.5 Å². The van der Waals surface area contributed by atoms with E-state index in [4.69, 9.17) is 4.52 Å². The molecule has 0 aliphatic carbocycles. The second kappa shape index (κ2) is 6.26. The Labute approximate surface area is 145 Å². The van der Waals surface area contributed by atoms with Gasteiger partial charge in [0, 0.05) is 6.42 Å². The van der Waals surface area contributed by atoms with Crippen molar-refractivity contribution < 1.29 is 9.09 Å². The molecule has 3 rings (SSSR count). The molecule has 3 heteroatoms. The molecular weight excluding hydrogens is 315 g/mol. The van der Waals surface area contributed by atoms with Crippen molar-refractivity contribution in [1.29, 1.82) is 0 Å². The van der Waals surface area contributed by atoms with E-state index in [9.17, 15) is 4.57 Å². The minimum atomic E-state index is -3.13. The van der Waals surface area contributed by atoms with Gasteiger partial charge >= 0.3 is 7.37 Å². The maximum Gasteiger partial charge on any atom is 0.307 e. The first kappa shape index (κ1) is 17.0. The normalized spacial score (nSPS) is 19.9. The van der Waals surface area contributed by atoms with Gasteiger partial charge in [-0.1, -0.05) is 49.7 Å². The fourth-order valence-corrected chi connectivity index (χ4v) is 6.71. The van der Waals surface area contributed by atoms with Crippen molar-refractivity contribution >= 4 is 23.6 Å². The SMILES string of the molecule is CCC1=C(CC)c2ccccc2P(=O)(c2c(C)cc(C)cc2C)O1. The molecule has 24 heavy (non-hydrogen) atoms. The topological polar surface area (TPSA) is 26.3 Å². The van der Waals surface area contributed by atoms with Gasteiger partial charge in [0.05, 0.1) is 10.6 Å². The summed E-state index contributed by atoms with van der Waals surface area (Å²) in [5.74, 6) is 0.874. The molecule has 0 saturated heterocycles. The minimum absolute atomic E-state index is 0.755. The summed E-state index contributed by atoms with van der Waals surface area (Å²) in [6, 6.07) is 12.2. The molecule has 1 atom stereocenters. The highest BCUT2D eigenvalue weighted by molar-refractivity contribution is 7.74. The van der Waals surface area contributed by atoms with Crippen LogP contribution in [0.1, 0.15) is 48.9 Å². The fourth-order valence-electron chi connectivity index (χ4n) is 3.86. The Morgan fingerprint density at radius 1 is 0.958 bits per heavy atom. The summed E-state index contributed by atoms with van der Waals surface area (Å²) < 4.78 is 20.5. The van der Waals surface area contributed by atoms with Crippen LogP contribution < -0.4 is 10.6 Å². The van der Waals surface area contributed by atoms with Crippen LogP contribution in [0.25, 0.3) is 5.57 Å². The van der Waals surface area contributed by atoms with E-state index in [0.29, 0.717) is 0 Å². The summed E-state index contributed by atoms with van der Waals surface area (Å²) >= 11 is 0. The first-order valence-electron chi connectivity index (χ1n) is 8.62. The Kier molecular flexibility index (Phi) is 4.44. The average Bonchev–Trinajstić information content (AvgIpc) is 2.53. The summed E-state index contributed by atoms with van der Waals surface area (Å²) in [7, 11) is -3.13. The number of fused-ring (bicyclic) bond motifs is 1. The Morgan fingerprint density at radius 3 is 2.17 bits per heavy atom. The number of aryl methyl sites for hydroxylation is 3. The van der Waals surface area contributed by atoms with Gasteiger partial charge in [0.15, 0.2) is 0 Å². The number of hydrogen-bond acceptors (Lipinski definition) is 2. The van der Waals surface area contributed by atoms with Gasteiger partial charge in [0.2, 0.25) is 0 Å². The Hall–Kier alpha value is -1.79. The molecule has 0 aromatic heterocycles. The molecular formula is C21H25O2P. The van der Waals surface area contributed by atoms with Crippen molar-refractivity contribution in [1.82, 2.24) is 0 Å². The molecule has 0 N–H and O–H groups in total. The molecule has 1 unspecified atom stereocenters. The van der Waals surface area contributed by atoms with Gasteiger partial charge in [-0.3, -0.25) is 4.57 Å². The van der Waals surface area contributed by atoms with Gasteiger partial charge < -0.3 is 4.52 Å². The lowest BCUT2D eigenvalue weighted by Gasteiger charge is -2.32. The number of benzene rings is 2. The highest BCUT2D eigenvalue weighted by Gasteiger charge is 2.39. The van der Waals surface area contributed by atoms with E-state index in [-0.39, 0.29) is 0 Å². The molecule has 2 aromatic carbocycles. The second-order valence-electron chi connectivity index (χ2n) is 6.52. The number of hydrogen-bond donors (Lipinski definition) is 0. The standard InChI is InChI=1S/C21H25O2P/c1-6-17-18-10-8-9-11-20(18)24(22,23-19(17)7-2)21-15(4)12-14(3)13-16(21)5/h8-13H,6-7H2,1-5H3. The van der Waals surface area contributed by atoms with E-state index < -0.39 is 7.37 Å². The predicted molar refractivity (Wildman–Crippen MR) is 103 cm³/mol.